The van der Waals surface area contributed by atoms with Crippen molar-refractivity contribution in [3.05, 3.63) is 24.3 Å². The summed E-state index contributed by atoms with van der Waals surface area (Å²) >= 11 is 0. The van der Waals surface area contributed by atoms with E-state index in [4.69, 9.17) is 9.84 Å². The first kappa shape index (κ1) is 9.83. The summed E-state index contributed by atoms with van der Waals surface area (Å²) in [5.41, 5.74) is 0. The summed E-state index contributed by atoms with van der Waals surface area (Å²) in [5, 5.41) is 9.05. The number of likely N-dealkylation sites (tertiary alicyclic amines) is 1. The second kappa shape index (κ2) is 4.21. The molecule has 1 fully saturated rings. The number of phenols is 1. The van der Waals surface area contributed by atoms with Crippen LogP contribution in [0.3, 0.4) is 0 Å². The molecule has 0 atom stereocenters. The van der Waals surface area contributed by atoms with Crippen LogP contribution in [0.15, 0.2) is 24.3 Å². The minimum absolute atomic E-state index is 0.163. The van der Waals surface area contributed by atoms with Crippen molar-refractivity contribution in [3.8, 4) is 11.5 Å². The Morgan fingerprint density at radius 2 is 1.80 bits per heavy atom. The maximum absolute atomic E-state index is 11.5. The maximum Gasteiger partial charge on any atom is 0.415 e. The first-order chi connectivity index (χ1) is 7.25. The third-order valence-corrected chi connectivity index (χ3v) is 2.41. The molecule has 1 amide bonds. The summed E-state index contributed by atoms with van der Waals surface area (Å²) < 4.78 is 5.13. The molecule has 4 heteroatoms. The van der Waals surface area contributed by atoms with Crippen molar-refractivity contribution in [3.63, 3.8) is 0 Å². The van der Waals surface area contributed by atoms with Crippen LogP contribution in [0.4, 0.5) is 4.79 Å². The van der Waals surface area contributed by atoms with Gasteiger partial charge < -0.3 is 14.7 Å². The number of carbonyl (C=O) groups is 1. The summed E-state index contributed by atoms with van der Waals surface area (Å²) in [5.74, 6) is 0.626. The highest BCUT2D eigenvalue weighted by atomic mass is 16.6. The molecule has 0 radical (unpaired) electrons. The average Bonchev–Trinajstić information content (AvgIpc) is 2.74. The molecular formula is C11H13NO3. The van der Waals surface area contributed by atoms with Gasteiger partial charge in [-0.3, -0.25) is 0 Å². The molecule has 1 aromatic carbocycles. The molecule has 1 aromatic rings. The molecule has 0 unspecified atom stereocenters. The smallest absolute Gasteiger partial charge is 0.415 e. The molecule has 1 saturated heterocycles. The van der Waals surface area contributed by atoms with Crippen LogP contribution in [0.1, 0.15) is 12.8 Å². The van der Waals surface area contributed by atoms with E-state index in [0.29, 0.717) is 5.75 Å². The highest BCUT2D eigenvalue weighted by Gasteiger charge is 2.19. The van der Waals surface area contributed by atoms with Crippen molar-refractivity contribution >= 4 is 6.09 Å². The molecular weight excluding hydrogens is 194 g/mol. The molecule has 0 aliphatic carbocycles. The van der Waals surface area contributed by atoms with Gasteiger partial charge in [0, 0.05) is 13.1 Å². The van der Waals surface area contributed by atoms with Crippen molar-refractivity contribution < 1.29 is 14.6 Å². The Balaban J connectivity index is 1.96. The van der Waals surface area contributed by atoms with Gasteiger partial charge in [0.15, 0.2) is 0 Å². The lowest BCUT2D eigenvalue weighted by molar-refractivity contribution is 0.162. The number of benzene rings is 1. The Morgan fingerprint density at radius 3 is 2.40 bits per heavy atom. The first-order valence-electron chi connectivity index (χ1n) is 5.01. The van der Waals surface area contributed by atoms with E-state index < -0.39 is 0 Å². The van der Waals surface area contributed by atoms with Gasteiger partial charge >= 0.3 is 6.09 Å². The molecule has 80 valence electrons. The monoisotopic (exact) mass is 207 g/mol. The Labute approximate surface area is 88.1 Å². The van der Waals surface area contributed by atoms with Gasteiger partial charge in [0.25, 0.3) is 0 Å². The van der Waals surface area contributed by atoms with Crippen molar-refractivity contribution in [2.24, 2.45) is 0 Å². The largest absolute Gasteiger partial charge is 0.508 e. The first-order valence-corrected chi connectivity index (χ1v) is 5.01. The number of amides is 1. The normalized spacial score (nSPS) is 15.3. The third kappa shape index (κ3) is 2.40. The van der Waals surface area contributed by atoms with Crippen LogP contribution in [0.2, 0.25) is 0 Å². The van der Waals surface area contributed by atoms with Crippen molar-refractivity contribution in [1.82, 2.24) is 4.90 Å². The van der Waals surface area contributed by atoms with E-state index in [-0.39, 0.29) is 11.8 Å². The van der Waals surface area contributed by atoms with Gasteiger partial charge in [-0.05, 0) is 37.1 Å². The molecule has 1 heterocycles. The summed E-state index contributed by atoms with van der Waals surface area (Å²) in [6, 6.07) is 6.13. The van der Waals surface area contributed by atoms with Crippen LogP contribution in [0.5, 0.6) is 11.5 Å². The van der Waals surface area contributed by atoms with Gasteiger partial charge in [-0.15, -0.1) is 0 Å². The fraction of sp³-hybridized carbons (Fsp3) is 0.364. The van der Waals surface area contributed by atoms with Crippen LogP contribution in [-0.2, 0) is 0 Å². The number of phenolic OH excluding ortho intramolecular Hbond substituents is 1. The van der Waals surface area contributed by atoms with Crippen LogP contribution < -0.4 is 4.74 Å². The molecule has 0 spiro atoms. The second-order valence-electron chi connectivity index (χ2n) is 3.56. The van der Waals surface area contributed by atoms with E-state index in [1.54, 1.807) is 17.0 Å². The zero-order valence-electron chi connectivity index (χ0n) is 8.35. The number of hydrogen-bond acceptors (Lipinski definition) is 3. The molecule has 15 heavy (non-hydrogen) atoms. The molecule has 2 rings (SSSR count). The Hall–Kier alpha value is -1.71. The molecule has 0 bridgehead atoms. The quantitative estimate of drug-likeness (QED) is 0.766. The van der Waals surface area contributed by atoms with Crippen LogP contribution in [0.25, 0.3) is 0 Å². The number of rotatable bonds is 1. The van der Waals surface area contributed by atoms with E-state index in [0.717, 1.165) is 25.9 Å². The predicted octanol–water partition coefficient (Wildman–Crippen LogP) is 1.99. The van der Waals surface area contributed by atoms with Crippen LogP contribution in [0, 0.1) is 0 Å². The van der Waals surface area contributed by atoms with Crippen molar-refractivity contribution in [1.29, 1.82) is 0 Å². The topological polar surface area (TPSA) is 49.8 Å². The summed E-state index contributed by atoms with van der Waals surface area (Å²) in [7, 11) is 0. The average molecular weight is 207 g/mol. The minimum Gasteiger partial charge on any atom is -0.508 e. The lowest BCUT2D eigenvalue weighted by Gasteiger charge is -2.14. The molecule has 1 aliphatic heterocycles. The van der Waals surface area contributed by atoms with Crippen molar-refractivity contribution in [2.75, 3.05) is 13.1 Å². The number of carbonyl (C=O) groups excluding carboxylic acids is 1. The minimum atomic E-state index is -0.307. The predicted molar refractivity (Wildman–Crippen MR) is 54.9 cm³/mol. The summed E-state index contributed by atoms with van der Waals surface area (Å²) in [4.78, 5) is 13.2. The summed E-state index contributed by atoms with van der Waals surface area (Å²) in [6.07, 6.45) is 1.79. The molecule has 1 N–H and O–H groups in total. The molecule has 0 saturated carbocycles. The van der Waals surface area contributed by atoms with Crippen LogP contribution in [-0.4, -0.2) is 29.2 Å². The zero-order valence-corrected chi connectivity index (χ0v) is 8.35. The van der Waals surface area contributed by atoms with E-state index >= 15 is 0 Å². The fourth-order valence-electron chi connectivity index (χ4n) is 1.58. The second-order valence-corrected chi connectivity index (χ2v) is 3.56. The van der Waals surface area contributed by atoms with E-state index in [1.807, 2.05) is 0 Å². The summed E-state index contributed by atoms with van der Waals surface area (Å²) in [6.45, 7) is 1.55. The number of aromatic hydroxyl groups is 1. The SMILES string of the molecule is O=C(Oc1ccc(O)cc1)N1CCCC1. The standard InChI is InChI=1S/C11H13NO3/c13-9-3-5-10(6-4-9)15-11(14)12-7-1-2-8-12/h3-6,13H,1-2,7-8H2. The highest BCUT2D eigenvalue weighted by molar-refractivity contribution is 5.70. The fourth-order valence-corrected chi connectivity index (χ4v) is 1.58. The molecule has 1 aliphatic rings. The third-order valence-electron chi connectivity index (χ3n) is 2.41. The Bertz CT molecular complexity index is 341. The lowest BCUT2D eigenvalue weighted by Crippen LogP contribution is -2.30. The Morgan fingerprint density at radius 1 is 1.20 bits per heavy atom. The number of hydrogen-bond donors (Lipinski definition) is 1. The number of ether oxygens (including phenoxy) is 1. The van der Waals surface area contributed by atoms with Gasteiger partial charge in [0.2, 0.25) is 0 Å². The van der Waals surface area contributed by atoms with Crippen LogP contribution >= 0.6 is 0 Å². The maximum atomic E-state index is 11.5. The highest BCUT2D eigenvalue weighted by Crippen LogP contribution is 2.17. The van der Waals surface area contributed by atoms with Crippen molar-refractivity contribution in [2.45, 2.75) is 12.8 Å². The van der Waals surface area contributed by atoms with E-state index in [9.17, 15) is 4.79 Å². The number of nitrogens with zero attached hydrogens (tertiary/aromatic N) is 1. The van der Waals surface area contributed by atoms with Gasteiger partial charge in [0.1, 0.15) is 11.5 Å². The van der Waals surface area contributed by atoms with Gasteiger partial charge in [-0.1, -0.05) is 0 Å². The Kier molecular flexibility index (Phi) is 2.76. The zero-order chi connectivity index (χ0) is 10.7. The molecule has 4 nitrogen and oxygen atoms in total. The molecule has 0 aromatic heterocycles. The van der Waals surface area contributed by atoms with E-state index in [1.165, 1.54) is 12.1 Å². The lowest BCUT2D eigenvalue weighted by atomic mass is 10.3. The van der Waals surface area contributed by atoms with Gasteiger partial charge in [-0.2, -0.15) is 0 Å². The van der Waals surface area contributed by atoms with E-state index in [2.05, 4.69) is 0 Å². The van der Waals surface area contributed by atoms with Gasteiger partial charge in [-0.25, -0.2) is 4.79 Å². The van der Waals surface area contributed by atoms with Gasteiger partial charge in [0.05, 0.1) is 0 Å².